The lowest BCUT2D eigenvalue weighted by Crippen LogP contribution is -2.49. The van der Waals surface area contributed by atoms with E-state index in [1.165, 1.54) is 0 Å². The number of hydrogen-bond donors (Lipinski definition) is 1. The first-order valence-electron chi connectivity index (χ1n) is 8.67. The van der Waals surface area contributed by atoms with Crippen LogP contribution in [0.2, 0.25) is 0 Å². The molecule has 0 aliphatic carbocycles. The van der Waals surface area contributed by atoms with Crippen LogP contribution >= 0.6 is 0 Å². The standard InChI is InChI=1S/C21H23NO3/c1-16(17-8-4-2-5-9-17)19(23)22-14-12-21(13-15-22,20(24)25)18-10-6-3-7-11-18/h2-11,16H,12-15H2,1H3,(H,24,25). The largest absolute Gasteiger partial charge is 0.481 e. The van der Waals surface area contributed by atoms with Gasteiger partial charge in [-0.3, -0.25) is 9.59 Å². The second kappa shape index (κ2) is 7.09. The highest BCUT2D eigenvalue weighted by atomic mass is 16.4. The molecule has 130 valence electrons. The molecule has 1 aliphatic rings. The molecule has 2 aromatic rings. The van der Waals surface area contributed by atoms with Gasteiger partial charge in [-0.25, -0.2) is 0 Å². The molecule has 4 heteroatoms. The minimum absolute atomic E-state index is 0.0678. The average Bonchev–Trinajstić information content (AvgIpc) is 2.68. The Kier molecular flexibility index (Phi) is 4.88. The molecule has 4 nitrogen and oxygen atoms in total. The maximum absolute atomic E-state index is 12.8. The second-order valence-corrected chi connectivity index (χ2v) is 6.71. The molecule has 3 rings (SSSR count). The SMILES string of the molecule is CC(C(=O)N1CCC(C(=O)O)(c2ccccc2)CC1)c1ccccc1. The van der Waals surface area contributed by atoms with E-state index < -0.39 is 11.4 Å². The summed E-state index contributed by atoms with van der Waals surface area (Å²) in [6, 6.07) is 19.1. The van der Waals surface area contributed by atoms with E-state index in [9.17, 15) is 14.7 Å². The van der Waals surface area contributed by atoms with Gasteiger partial charge in [0.15, 0.2) is 0 Å². The summed E-state index contributed by atoms with van der Waals surface area (Å²) >= 11 is 0. The molecule has 0 spiro atoms. The van der Waals surface area contributed by atoms with Crippen molar-refractivity contribution < 1.29 is 14.7 Å². The fourth-order valence-electron chi connectivity index (χ4n) is 3.65. The number of rotatable bonds is 4. The lowest BCUT2D eigenvalue weighted by atomic mass is 9.72. The Morgan fingerprint density at radius 3 is 2.00 bits per heavy atom. The van der Waals surface area contributed by atoms with Gasteiger partial charge in [0.05, 0.1) is 11.3 Å². The van der Waals surface area contributed by atoms with Crippen LogP contribution in [-0.2, 0) is 15.0 Å². The molecule has 0 saturated carbocycles. The number of carboxylic acid groups (broad SMARTS) is 1. The predicted molar refractivity (Wildman–Crippen MR) is 96.4 cm³/mol. The Morgan fingerprint density at radius 2 is 1.48 bits per heavy atom. The predicted octanol–water partition coefficient (Wildman–Crippen LogP) is 3.44. The Hall–Kier alpha value is -2.62. The van der Waals surface area contributed by atoms with Gasteiger partial charge in [-0.15, -0.1) is 0 Å². The Labute approximate surface area is 148 Å². The number of carbonyl (C=O) groups excluding carboxylic acids is 1. The fraction of sp³-hybridized carbons (Fsp3) is 0.333. The van der Waals surface area contributed by atoms with E-state index in [4.69, 9.17) is 0 Å². The van der Waals surface area contributed by atoms with Crippen molar-refractivity contribution >= 4 is 11.9 Å². The summed E-state index contributed by atoms with van der Waals surface area (Å²) in [5.74, 6) is -0.949. The highest BCUT2D eigenvalue weighted by Crippen LogP contribution is 2.36. The maximum Gasteiger partial charge on any atom is 0.314 e. The molecule has 1 saturated heterocycles. The van der Waals surface area contributed by atoms with Crippen LogP contribution in [0, 0.1) is 0 Å². The third kappa shape index (κ3) is 3.29. The fourth-order valence-corrected chi connectivity index (χ4v) is 3.65. The van der Waals surface area contributed by atoms with Crippen molar-refractivity contribution in [2.24, 2.45) is 0 Å². The normalized spacial score (nSPS) is 17.7. The summed E-state index contributed by atoms with van der Waals surface area (Å²) in [5, 5.41) is 9.85. The first-order valence-corrected chi connectivity index (χ1v) is 8.67. The molecule has 0 radical (unpaired) electrons. The highest BCUT2D eigenvalue weighted by Gasteiger charge is 2.44. The number of aliphatic carboxylic acids is 1. The Morgan fingerprint density at radius 1 is 0.960 bits per heavy atom. The third-order valence-electron chi connectivity index (χ3n) is 5.33. The zero-order valence-electron chi connectivity index (χ0n) is 14.4. The second-order valence-electron chi connectivity index (χ2n) is 6.71. The van der Waals surface area contributed by atoms with Gasteiger partial charge in [0.1, 0.15) is 0 Å². The summed E-state index contributed by atoms with van der Waals surface area (Å²) in [5.41, 5.74) is 0.921. The summed E-state index contributed by atoms with van der Waals surface area (Å²) in [4.78, 5) is 26.6. The number of benzene rings is 2. The van der Waals surface area contributed by atoms with Gasteiger partial charge in [0.2, 0.25) is 5.91 Å². The number of carboxylic acids is 1. The van der Waals surface area contributed by atoms with E-state index in [1.54, 1.807) is 0 Å². The molecule has 0 bridgehead atoms. The van der Waals surface area contributed by atoms with Crippen LogP contribution in [0.3, 0.4) is 0 Å². The molecular formula is C21H23NO3. The number of amides is 1. The molecule has 1 unspecified atom stereocenters. The summed E-state index contributed by atoms with van der Waals surface area (Å²) in [7, 11) is 0. The van der Waals surface area contributed by atoms with Crippen molar-refractivity contribution in [2.75, 3.05) is 13.1 Å². The Balaban J connectivity index is 1.74. The lowest BCUT2D eigenvalue weighted by Gasteiger charge is -2.40. The van der Waals surface area contributed by atoms with Crippen LogP contribution in [0.1, 0.15) is 36.8 Å². The summed E-state index contributed by atoms with van der Waals surface area (Å²) < 4.78 is 0. The van der Waals surface area contributed by atoms with Gasteiger partial charge < -0.3 is 10.0 Å². The number of piperidine rings is 1. The van der Waals surface area contributed by atoms with Crippen molar-refractivity contribution in [3.05, 3.63) is 71.8 Å². The Bertz CT molecular complexity index is 734. The first kappa shape index (κ1) is 17.2. The zero-order valence-corrected chi connectivity index (χ0v) is 14.4. The van der Waals surface area contributed by atoms with E-state index in [2.05, 4.69) is 0 Å². The van der Waals surface area contributed by atoms with Crippen LogP contribution in [-0.4, -0.2) is 35.0 Å². The van der Waals surface area contributed by atoms with Crippen LogP contribution in [0.5, 0.6) is 0 Å². The molecule has 25 heavy (non-hydrogen) atoms. The topological polar surface area (TPSA) is 57.6 Å². The van der Waals surface area contributed by atoms with E-state index >= 15 is 0 Å². The number of carbonyl (C=O) groups is 2. The van der Waals surface area contributed by atoms with Crippen molar-refractivity contribution in [2.45, 2.75) is 31.1 Å². The molecule has 2 aromatic carbocycles. The third-order valence-corrected chi connectivity index (χ3v) is 5.33. The van der Waals surface area contributed by atoms with Gasteiger partial charge in [0.25, 0.3) is 0 Å². The molecule has 1 amide bonds. The van der Waals surface area contributed by atoms with Crippen molar-refractivity contribution in [1.82, 2.24) is 4.90 Å². The molecule has 1 N–H and O–H groups in total. The molecule has 1 fully saturated rings. The molecule has 1 atom stereocenters. The van der Waals surface area contributed by atoms with Crippen LogP contribution < -0.4 is 0 Å². The zero-order chi connectivity index (χ0) is 17.9. The van der Waals surface area contributed by atoms with E-state index in [1.807, 2.05) is 72.5 Å². The minimum atomic E-state index is -0.895. The molecule has 1 aliphatic heterocycles. The number of hydrogen-bond acceptors (Lipinski definition) is 2. The van der Waals surface area contributed by atoms with E-state index in [0.717, 1.165) is 11.1 Å². The van der Waals surface area contributed by atoms with Gasteiger partial charge in [-0.2, -0.15) is 0 Å². The smallest absolute Gasteiger partial charge is 0.314 e. The first-order chi connectivity index (χ1) is 12.0. The molecular weight excluding hydrogens is 314 g/mol. The van der Waals surface area contributed by atoms with Gasteiger partial charge in [-0.05, 0) is 30.9 Å². The maximum atomic E-state index is 12.8. The monoisotopic (exact) mass is 337 g/mol. The van der Waals surface area contributed by atoms with Crippen molar-refractivity contribution in [1.29, 1.82) is 0 Å². The van der Waals surface area contributed by atoms with Crippen LogP contribution in [0.4, 0.5) is 0 Å². The quantitative estimate of drug-likeness (QED) is 0.930. The van der Waals surface area contributed by atoms with Crippen molar-refractivity contribution in [3.8, 4) is 0 Å². The number of likely N-dealkylation sites (tertiary alicyclic amines) is 1. The minimum Gasteiger partial charge on any atom is -0.481 e. The summed E-state index contributed by atoms with van der Waals surface area (Å²) in [6.07, 6.45) is 0.888. The van der Waals surface area contributed by atoms with E-state index in [-0.39, 0.29) is 11.8 Å². The molecule has 1 heterocycles. The van der Waals surface area contributed by atoms with E-state index in [0.29, 0.717) is 25.9 Å². The summed E-state index contributed by atoms with van der Waals surface area (Å²) in [6.45, 7) is 2.85. The van der Waals surface area contributed by atoms with Crippen molar-refractivity contribution in [3.63, 3.8) is 0 Å². The van der Waals surface area contributed by atoms with Crippen LogP contribution in [0.15, 0.2) is 60.7 Å². The number of nitrogens with zero attached hydrogens (tertiary/aromatic N) is 1. The molecule has 0 aromatic heterocycles. The van der Waals surface area contributed by atoms with Gasteiger partial charge >= 0.3 is 5.97 Å². The lowest BCUT2D eigenvalue weighted by molar-refractivity contribution is -0.148. The van der Waals surface area contributed by atoms with Gasteiger partial charge in [-0.1, -0.05) is 60.7 Å². The average molecular weight is 337 g/mol. The van der Waals surface area contributed by atoms with Crippen LogP contribution in [0.25, 0.3) is 0 Å². The highest BCUT2D eigenvalue weighted by molar-refractivity contribution is 5.85. The van der Waals surface area contributed by atoms with Gasteiger partial charge in [0, 0.05) is 13.1 Å².